The number of hydrogen-bond acceptors (Lipinski definition) is 4. The number of amides is 2. The Labute approximate surface area is 128 Å². The maximum atomic E-state index is 12.2. The van der Waals surface area contributed by atoms with Crippen LogP contribution in [0.5, 0.6) is 0 Å². The number of aryl methyl sites for hydroxylation is 1. The third kappa shape index (κ3) is 2.95. The molecule has 118 valence electrons. The van der Waals surface area contributed by atoms with E-state index in [9.17, 15) is 4.79 Å². The molecule has 1 aliphatic heterocycles. The molecule has 0 unspecified atom stereocenters. The predicted molar refractivity (Wildman–Crippen MR) is 81.5 cm³/mol. The molecular weight excluding hydrogens is 282 g/mol. The minimum Gasteiger partial charge on any atom is -0.333 e. The first kappa shape index (κ1) is 14.6. The van der Waals surface area contributed by atoms with Crippen LogP contribution in [0.2, 0.25) is 0 Å². The SMILES string of the molecule is CC(C)(C)n1nccc1NC(=O)N[C@@H]1CCc2ncnn2C1. The molecule has 0 saturated heterocycles. The smallest absolute Gasteiger partial charge is 0.320 e. The van der Waals surface area contributed by atoms with Gasteiger partial charge in [-0.3, -0.25) is 5.32 Å². The van der Waals surface area contributed by atoms with Crippen molar-refractivity contribution in [1.29, 1.82) is 0 Å². The summed E-state index contributed by atoms with van der Waals surface area (Å²) in [5, 5.41) is 14.3. The molecule has 2 N–H and O–H groups in total. The van der Waals surface area contributed by atoms with Gasteiger partial charge in [0.1, 0.15) is 18.0 Å². The van der Waals surface area contributed by atoms with Gasteiger partial charge in [0.15, 0.2) is 0 Å². The standard InChI is InChI=1S/C14H21N7O/c1-14(2,3)21-12(6-7-16-21)19-13(22)18-10-4-5-11-15-9-17-20(11)8-10/h6-7,9-10H,4-5,8H2,1-3H3,(H2,18,19,22)/t10-/m1/s1. The van der Waals surface area contributed by atoms with E-state index in [2.05, 4.69) is 25.8 Å². The van der Waals surface area contributed by atoms with Gasteiger partial charge in [0.2, 0.25) is 0 Å². The van der Waals surface area contributed by atoms with Gasteiger partial charge < -0.3 is 5.32 Å². The Balaban J connectivity index is 1.61. The number of carbonyl (C=O) groups is 1. The van der Waals surface area contributed by atoms with Gasteiger partial charge in [-0.05, 0) is 27.2 Å². The van der Waals surface area contributed by atoms with E-state index in [0.29, 0.717) is 12.4 Å². The summed E-state index contributed by atoms with van der Waals surface area (Å²) in [5.74, 6) is 1.66. The van der Waals surface area contributed by atoms with Gasteiger partial charge in [-0.15, -0.1) is 0 Å². The van der Waals surface area contributed by atoms with Crippen LogP contribution in [-0.2, 0) is 18.5 Å². The minimum atomic E-state index is -0.223. The topological polar surface area (TPSA) is 89.7 Å². The summed E-state index contributed by atoms with van der Waals surface area (Å²) in [6, 6.07) is 1.63. The van der Waals surface area contributed by atoms with Crippen LogP contribution in [0.1, 0.15) is 33.0 Å². The lowest BCUT2D eigenvalue weighted by Gasteiger charge is -2.25. The number of hydrogen-bond donors (Lipinski definition) is 2. The molecule has 2 aromatic heterocycles. The lowest BCUT2D eigenvalue weighted by Crippen LogP contribution is -2.43. The van der Waals surface area contributed by atoms with Gasteiger partial charge in [-0.1, -0.05) is 0 Å². The normalized spacial score (nSPS) is 17.9. The molecule has 0 aliphatic carbocycles. The van der Waals surface area contributed by atoms with E-state index in [1.807, 2.05) is 25.5 Å². The molecule has 8 heteroatoms. The Bertz CT molecular complexity index is 667. The highest BCUT2D eigenvalue weighted by Gasteiger charge is 2.23. The third-order valence-corrected chi connectivity index (χ3v) is 3.66. The van der Waals surface area contributed by atoms with Crippen LogP contribution in [0.25, 0.3) is 0 Å². The Morgan fingerprint density at radius 2 is 2.18 bits per heavy atom. The van der Waals surface area contributed by atoms with Gasteiger partial charge in [-0.25, -0.2) is 19.1 Å². The quantitative estimate of drug-likeness (QED) is 0.876. The number of anilines is 1. The maximum Gasteiger partial charge on any atom is 0.320 e. The number of carbonyl (C=O) groups excluding carboxylic acids is 1. The molecule has 8 nitrogen and oxygen atoms in total. The number of urea groups is 1. The second kappa shape index (κ2) is 5.43. The fourth-order valence-electron chi connectivity index (χ4n) is 2.63. The summed E-state index contributed by atoms with van der Waals surface area (Å²) < 4.78 is 3.64. The lowest BCUT2D eigenvalue weighted by atomic mass is 10.1. The first-order chi connectivity index (χ1) is 10.4. The molecule has 0 aromatic carbocycles. The van der Waals surface area contributed by atoms with Gasteiger partial charge in [0.25, 0.3) is 0 Å². The zero-order chi connectivity index (χ0) is 15.7. The van der Waals surface area contributed by atoms with Crippen molar-refractivity contribution in [3.63, 3.8) is 0 Å². The summed E-state index contributed by atoms with van der Waals surface area (Å²) in [6.07, 6.45) is 4.93. The van der Waals surface area contributed by atoms with Crippen molar-refractivity contribution in [3.8, 4) is 0 Å². The van der Waals surface area contributed by atoms with E-state index in [0.717, 1.165) is 18.7 Å². The van der Waals surface area contributed by atoms with E-state index >= 15 is 0 Å². The monoisotopic (exact) mass is 303 g/mol. The maximum absolute atomic E-state index is 12.2. The van der Waals surface area contributed by atoms with Crippen molar-refractivity contribution < 1.29 is 4.79 Å². The molecule has 22 heavy (non-hydrogen) atoms. The van der Waals surface area contributed by atoms with Crippen LogP contribution in [0.4, 0.5) is 10.6 Å². The highest BCUT2D eigenvalue weighted by atomic mass is 16.2. The van der Waals surface area contributed by atoms with E-state index in [-0.39, 0.29) is 17.6 Å². The number of nitrogens with one attached hydrogen (secondary N) is 2. The van der Waals surface area contributed by atoms with Crippen LogP contribution in [0.15, 0.2) is 18.6 Å². The number of rotatable bonds is 2. The largest absolute Gasteiger partial charge is 0.333 e. The summed E-state index contributed by atoms with van der Waals surface area (Å²) >= 11 is 0. The molecule has 0 saturated carbocycles. The second-order valence-corrected chi connectivity index (χ2v) is 6.49. The molecule has 0 radical (unpaired) electrons. The third-order valence-electron chi connectivity index (χ3n) is 3.66. The Kier molecular flexibility index (Phi) is 3.59. The number of fused-ring (bicyclic) bond motifs is 1. The molecule has 0 fully saturated rings. The summed E-state index contributed by atoms with van der Waals surface area (Å²) in [7, 11) is 0. The van der Waals surface area contributed by atoms with E-state index in [1.165, 1.54) is 0 Å². The van der Waals surface area contributed by atoms with Crippen LogP contribution in [0.3, 0.4) is 0 Å². The Hall–Kier alpha value is -2.38. The van der Waals surface area contributed by atoms with Crippen LogP contribution >= 0.6 is 0 Å². The van der Waals surface area contributed by atoms with Gasteiger partial charge in [0, 0.05) is 12.5 Å². The minimum absolute atomic E-state index is 0.0557. The molecule has 0 spiro atoms. The summed E-state index contributed by atoms with van der Waals surface area (Å²) in [4.78, 5) is 16.4. The van der Waals surface area contributed by atoms with Crippen LogP contribution in [-0.4, -0.2) is 36.6 Å². The van der Waals surface area contributed by atoms with E-state index in [4.69, 9.17) is 0 Å². The second-order valence-electron chi connectivity index (χ2n) is 6.49. The van der Waals surface area contributed by atoms with E-state index in [1.54, 1.807) is 23.3 Å². The first-order valence-corrected chi connectivity index (χ1v) is 7.42. The van der Waals surface area contributed by atoms with Gasteiger partial charge in [0.05, 0.1) is 24.3 Å². The fraction of sp³-hybridized carbons (Fsp3) is 0.571. The zero-order valence-electron chi connectivity index (χ0n) is 13.1. The number of nitrogens with zero attached hydrogens (tertiary/aromatic N) is 5. The van der Waals surface area contributed by atoms with Crippen molar-refractivity contribution in [3.05, 3.63) is 24.4 Å². The number of aromatic nitrogens is 5. The summed E-state index contributed by atoms with van der Waals surface area (Å²) in [5.41, 5.74) is -0.188. The fourth-order valence-corrected chi connectivity index (χ4v) is 2.63. The molecule has 3 heterocycles. The molecule has 2 amide bonds. The summed E-state index contributed by atoms with van der Waals surface area (Å²) in [6.45, 7) is 6.77. The molecule has 3 rings (SSSR count). The molecule has 1 atom stereocenters. The lowest BCUT2D eigenvalue weighted by molar-refractivity contribution is 0.243. The zero-order valence-corrected chi connectivity index (χ0v) is 13.1. The van der Waals surface area contributed by atoms with Crippen molar-refractivity contribution in [2.75, 3.05) is 5.32 Å². The van der Waals surface area contributed by atoms with E-state index < -0.39 is 0 Å². The van der Waals surface area contributed by atoms with Crippen molar-refractivity contribution in [1.82, 2.24) is 29.9 Å². The molecule has 0 bridgehead atoms. The van der Waals surface area contributed by atoms with Crippen molar-refractivity contribution in [2.45, 2.75) is 51.7 Å². The average molecular weight is 303 g/mol. The van der Waals surface area contributed by atoms with Crippen molar-refractivity contribution >= 4 is 11.8 Å². The van der Waals surface area contributed by atoms with Gasteiger partial charge in [-0.2, -0.15) is 10.2 Å². The average Bonchev–Trinajstić information content (AvgIpc) is 3.05. The molecule has 2 aromatic rings. The highest BCUT2D eigenvalue weighted by molar-refractivity contribution is 5.88. The van der Waals surface area contributed by atoms with Gasteiger partial charge >= 0.3 is 6.03 Å². The molecular formula is C14H21N7O. The molecule has 1 aliphatic rings. The van der Waals surface area contributed by atoms with Crippen LogP contribution < -0.4 is 10.6 Å². The van der Waals surface area contributed by atoms with Crippen molar-refractivity contribution in [2.24, 2.45) is 0 Å². The van der Waals surface area contributed by atoms with Crippen LogP contribution in [0, 0.1) is 0 Å². The predicted octanol–water partition coefficient (Wildman–Crippen LogP) is 1.37. The highest BCUT2D eigenvalue weighted by Crippen LogP contribution is 2.19. The first-order valence-electron chi connectivity index (χ1n) is 7.42. The Morgan fingerprint density at radius 1 is 1.36 bits per heavy atom. The Morgan fingerprint density at radius 3 is 2.95 bits per heavy atom.